The lowest BCUT2D eigenvalue weighted by Gasteiger charge is -2.10. The van der Waals surface area contributed by atoms with Crippen molar-refractivity contribution in [2.45, 2.75) is 24.3 Å². The monoisotopic (exact) mass is 363 g/mol. The van der Waals surface area contributed by atoms with Crippen LogP contribution in [0, 0.1) is 18.6 Å². The van der Waals surface area contributed by atoms with Crippen molar-refractivity contribution in [3.05, 3.63) is 53.5 Å². The number of Topliss-reactive ketones (excluding diaryl/α,β-unsaturated/α-hetero) is 1. The Balaban J connectivity index is 1.83. The number of benzene rings is 1. The summed E-state index contributed by atoms with van der Waals surface area (Å²) in [6, 6.07) is 4.62. The summed E-state index contributed by atoms with van der Waals surface area (Å²) in [6.45, 7) is 3.44. The molecule has 130 valence electrons. The highest BCUT2D eigenvalue weighted by molar-refractivity contribution is 8.00. The molecule has 1 atom stereocenters. The highest BCUT2D eigenvalue weighted by atomic mass is 32.2. The molecule has 0 aliphatic heterocycles. The fraction of sp³-hybridized carbons (Fsp3) is 0.235. The number of ketones is 1. The molecular formula is C17H15F2N3O2S. The van der Waals surface area contributed by atoms with Crippen LogP contribution in [0.25, 0.3) is 11.4 Å². The van der Waals surface area contributed by atoms with Gasteiger partial charge in [-0.1, -0.05) is 11.8 Å². The van der Waals surface area contributed by atoms with E-state index in [9.17, 15) is 13.6 Å². The lowest BCUT2D eigenvalue weighted by Crippen LogP contribution is -2.16. The Hall–Kier alpha value is -2.48. The van der Waals surface area contributed by atoms with Gasteiger partial charge in [-0.25, -0.2) is 8.78 Å². The van der Waals surface area contributed by atoms with Crippen molar-refractivity contribution in [2.24, 2.45) is 7.05 Å². The van der Waals surface area contributed by atoms with Crippen LogP contribution >= 0.6 is 11.8 Å². The maximum absolute atomic E-state index is 13.8. The van der Waals surface area contributed by atoms with Crippen LogP contribution < -0.4 is 0 Å². The molecule has 0 bridgehead atoms. The molecule has 0 radical (unpaired) electrons. The van der Waals surface area contributed by atoms with E-state index in [2.05, 4.69) is 10.2 Å². The largest absolute Gasteiger partial charge is 0.469 e. The van der Waals surface area contributed by atoms with E-state index in [1.165, 1.54) is 0 Å². The van der Waals surface area contributed by atoms with E-state index in [0.717, 1.165) is 35.5 Å². The number of carbonyl (C=O) groups is 1. The third-order valence-corrected chi connectivity index (χ3v) is 4.91. The van der Waals surface area contributed by atoms with Crippen LogP contribution in [0.1, 0.15) is 23.0 Å². The van der Waals surface area contributed by atoms with Crippen molar-refractivity contribution in [1.29, 1.82) is 0 Å². The van der Waals surface area contributed by atoms with Crippen molar-refractivity contribution in [2.75, 3.05) is 0 Å². The van der Waals surface area contributed by atoms with Crippen LogP contribution in [-0.4, -0.2) is 25.8 Å². The van der Waals surface area contributed by atoms with Crippen molar-refractivity contribution < 1.29 is 18.0 Å². The molecule has 3 aromatic rings. The van der Waals surface area contributed by atoms with Gasteiger partial charge in [0, 0.05) is 7.05 Å². The normalized spacial score (nSPS) is 12.4. The van der Waals surface area contributed by atoms with Crippen LogP contribution in [0.15, 0.2) is 40.1 Å². The lowest BCUT2D eigenvalue weighted by molar-refractivity contribution is 0.0989. The molecule has 25 heavy (non-hydrogen) atoms. The molecule has 0 spiro atoms. The van der Waals surface area contributed by atoms with Gasteiger partial charge in [0.1, 0.15) is 17.4 Å². The number of furan rings is 1. The van der Waals surface area contributed by atoms with Gasteiger partial charge in [-0.15, -0.1) is 10.2 Å². The van der Waals surface area contributed by atoms with Crippen molar-refractivity contribution in [3.8, 4) is 11.4 Å². The second kappa shape index (κ2) is 6.79. The van der Waals surface area contributed by atoms with Gasteiger partial charge in [0.2, 0.25) is 0 Å². The number of rotatable bonds is 5. The van der Waals surface area contributed by atoms with Crippen LogP contribution in [0.2, 0.25) is 0 Å². The number of aromatic nitrogens is 3. The van der Waals surface area contributed by atoms with Crippen LogP contribution in [0.4, 0.5) is 8.78 Å². The zero-order valence-corrected chi connectivity index (χ0v) is 14.6. The summed E-state index contributed by atoms with van der Waals surface area (Å²) in [4.78, 5) is 12.4. The number of carbonyl (C=O) groups excluding carboxylic acids is 1. The van der Waals surface area contributed by atoms with Gasteiger partial charge in [-0.05, 0) is 38.1 Å². The molecule has 5 nitrogen and oxygen atoms in total. The first-order chi connectivity index (χ1) is 11.9. The van der Waals surface area contributed by atoms with Crippen molar-refractivity contribution in [1.82, 2.24) is 14.8 Å². The smallest absolute Gasteiger partial charge is 0.191 e. The van der Waals surface area contributed by atoms with Gasteiger partial charge in [0.05, 0.1) is 22.6 Å². The quantitative estimate of drug-likeness (QED) is 0.506. The van der Waals surface area contributed by atoms with Crippen LogP contribution in [0.3, 0.4) is 0 Å². The minimum absolute atomic E-state index is 0.270. The summed E-state index contributed by atoms with van der Waals surface area (Å²) < 4.78 is 34.1. The molecule has 8 heteroatoms. The predicted molar refractivity (Wildman–Crippen MR) is 89.4 cm³/mol. The Morgan fingerprint density at radius 1 is 1.28 bits per heavy atom. The Bertz CT molecular complexity index is 936. The highest BCUT2D eigenvalue weighted by Crippen LogP contribution is 2.29. The van der Waals surface area contributed by atoms with E-state index in [1.807, 2.05) is 6.92 Å². The number of thioether (sulfide) groups is 1. The van der Waals surface area contributed by atoms with Gasteiger partial charge < -0.3 is 8.98 Å². The molecule has 1 unspecified atom stereocenters. The van der Waals surface area contributed by atoms with Crippen molar-refractivity contribution >= 4 is 17.5 Å². The number of aryl methyl sites for hydroxylation is 1. The SMILES string of the molecule is Cc1occc1-c1nnc(SC(C)C(=O)c2cc(F)ccc2F)n1C. The summed E-state index contributed by atoms with van der Waals surface area (Å²) in [5.74, 6) is -0.598. The average molecular weight is 363 g/mol. The van der Waals surface area contributed by atoms with Gasteiger partial charge >= 0.3 is 0 Å². The third kappa shape index (κ3) is 3.34. The molecular weight excluding hydrogens is 348 g/mol. The second-order valence-electron chi connectivity index (χ2n) is 5.50. The van der Waals surface area contributed by atoms with E-state index < -0.39 is 22.7 Å². The summed E-state index contributed by atoms with van der Waals surface area (Å²) in [6.07, 6.45) is 1.56. The van der Waals surface area contributed by atoms with Crippen molar-refractivity contribution in [3.63, 3.8) is 0 Å². The Labute approximate surface area is 147 Å². The molecule has 0 saturated carbocycles. The third-order valence-electron chi connectivity index (χ3n) is 3.78. The van der Waals surface area contributed by atoms with E-state index in [1.54, 1.807) is 30.9 Å². The minimum atomic E-state index is -0.744. The predicted octanol–water partition coefficient (Wildman–Crippen LogP) is 4.03. The number of halogens is 2. The molecule has 2 heterocycles. The summed E-state index contributed by atoms with van der Waals surface area (Å²) in [7, 11) is 1.77. The molecule has 2 aromatic heterocycles. The van der Waals surface area contributed by atoms with Crippen LogP contribution in [-0.2, 0) is 7.05 Å². The summed E-state index contributed by atoms with van der Waals surface area (Å²) >= 11 is 1.13. The molecule has 3 rings (SSSR count). The topological polar surface area (TPSA) is 60.9 Å². The van der Waals surface area contributed by atoms with Gasteiger partial charge in [0.15, 0.2) is 16.8 Å². The Morgan fingerprint density at radius 3 is 2.72 bits per heavy atom. The summed E-state index contributed by atoms with van der Waals surface area (Å²) in [5, 5.41) is 8.04. The van der Waals surface area contributed by atoms with Gasteiger partial charge in [-0.2, -0.15) is 0 Å². The first-order valence-electron chi connectivity index (χ1n) is 7.48. The van der Waals surface area contributed by atoms with Crippen LogP contribution in [0.5, 0.6) is 0 Å². The number of hydrogen-bond donors (Lipinski definition) is 0. The first-order valence-corrected chi connectivity index (χ1v) is 8.36. The first kappa shape index (κ1) is 17.3. The molecule has 0 aliphatic carbocycles. The maximum Gasteiger partial charge on any atom is 0.191 e. The zero-order valence-electron chi connectivity index (χ0n) is 13.8. The molecule has 1 aromatic carbocycles. The van der Waals surface area contributed by atoms with E-state index in [-0.39, 0.29) is 5.56 Å². The second-order valence-corrected chi connectivity index (χ2v) is 6.81. The number of hydrogen-bond acceptors (Lipinski definition) is 5. The van der Waals surface area contributed by atoms with Gasteiger partial charge in [-0.3, -0.25) is 4.79 Å². The van der Waals surface area contributed by atoms with E-state index in [0.29, 0.717) is 16.7 Å². The molecule has 0 amide bonds. The fourth-order valence-corrected chi connectivity index (χ4v) is 3.27. The van der Waals surface area contributed by atoms with E-state index in [4.69, 9.17) is 4.42 Å². The Kier molecular flexibility index (Phi) is 4.71. The highest BCUT2D eigenvalue weighted by Gasteiger charge is 2.23. The lowest BCUT2D eigenvalue weighted by atomic mass is 10.1. The van der Waals surface area contributed by atoms with E-state index >= 15 is 0 Å². The molecule has 0 fully saturated rings. The van der Waals surface area contributed by atoms with Gasteiger partial charge in [0.25, 0.3) is 0 Å². The standard InChI is InChI=1S/C17H15F2N3O2S/c1-9-12(6-7-24-9)16-20-21-17(22(16)3)25-10(2)15(23)13-8-11(18)4-5-14(13)19/h4-8,10H,1-3H3. The molecule has 0 saturated heterocycles. The Morgan fingerprint density at radius 2 is 2.04 bits per heavy atom. The maximum atomic E-state index is 13.8. The molecule has 0 N–H and O–H groups in total. The summed E-state index contributed by atoms with van der Waals surface area (Å²) in [5.41, 5.74) is 0.532. The molecule has 0 aliphatic rings. The number of nitrogens with zero attached hydrogens (tertiary/aromatic N) is 3. The average Bonchev–Trinajstić information content (AvgIpc) is 3.15. The minimum Gasteiger partial charge on any atom is -0.469 e. The fourth-order valence-electron chi connectivity index (χ4n) is 2.39. The zero-order chi connectivity index (χ0) is 18.1.